The number of hydrogen-bond donors (Lipinski definition) is 0. The van der Waals surface area contributed by atoms with Crippen LogP contribution in [0.3, 0.4) is 0 Å². The molecule has 0 saturated carbocycles. The van der Waals surface area contributed by atoms with Crippen LogP contribution in [0.4, 0.5) is 0 Å². The average molecular weight is 277 g/mol. The molecular weight excluding hydrogens is 258 g/mol. The van der Waals surface area contributed by atoms with Gasteiger partial charge in [-0.05, 0) is 13.8 Å². The van der Waals surface area contributed by atoms with E-state index in [1.54, 1.807) is 0 Å². The van der Waals surface area contributed by atoms with Gasteiger partial charge in [-0.1, -0.05) is 5.16 Å². The molecule has 1 aliphatic rings. The lowest BCUT2D eigenvalue weighted by atomic mass is 10.2. The van der Waals surface area contributed by atoms with E-state index in [1.165, 1.54) is 5.56 Å². The first kappa shape index (κ1) is 13.3. The Bertz CT molecular complexity index is 565. The zero-order valence-corrected chi connectivity index (χ0v) is 11.8. The van der Waals surface area contributed by atoms with Crippen LogP contribution in [0, 0.1) is 6.92 Å². The van der Waals surface area contributed by atoms with E-state index >= 15 is 0 Å². The third-order valence-electron chi connectivity index (χ3n) is 3.46. The van der Waals surface area contributed by atoms with Gasteiger partial charge in [-0.15, -0.1) is 0 Å². The molecule has 0 amide bonds. The standard InChI is InChI=1S/C13H19N5O2/c1-3-18-8-11(6-14-18)7-17-4-5-19-9-12(17)13-15-10(2)16-20-13/h6,8,12H,3-5,7,9H2,1-2H3. The Morgan fingerprint density at radius 2 is 2.35 bits per heavy atom. The minimum atomic E-state index is 0.0231. The first-order chi connectivity index (χ1) is 9.76. The molecule has 1 saturated heterocycles. The molecule has 0 N–H and O–H groups in total. The highest BCUT2D eigenvalue weighted by molar-refractivity contribution is 5.05. The Hall–Kier alpha value is -1.73. The van der Waals surface area contributed by atoms with Gasteiger partial charge in [0.15, 0.2) is 5.82 Å². The number of rotatable bonds is 4. The molecule has 0 radical (unpaired) electrons. The van der Waals surface area contributed by atoms with Gasteiger partial charge in [0.2, 0.25) is 5.89 Å². The molecule has 7 nitrogen and oxygen atoms in total. The van der Waals surface area contributed by atoms with Crippen molar-refractivity contribution in [1.29, 1.82) is 0 Å². The van der Waals surface area contributed by atoms with Crippen LogP contribution in [0.25, 0.3) is 0 Å². The molecule has 1 unspecified atom stereocenters. The topological polar surface area (TPSA) is 69.2 Å². The fourth-order valence-electron chi connectivity index (χ4n) is 2.40. The van der Waals surface area contributed by atoms with E-state index < -0.39 is 0 Å². The van der Waals surface area contributed by atoms with Crippen LogP contribution >= 0.6 is 0 Å². The first-order valence-corrected chi connectivity index (χ1v) is 6.89. The van der Waals surface area contributed by atoms with Gasteiger partial charge in [0, 0.05) is 31.4 Å². The summed E-state index contributed by atoms with van der Waals surface area (Å²) in [4.78, 5) is 6.63. The average Bonchev–Trinajstić information content (AvgIpc) is 3.08. The third kappa shape index (κ3) is 2.73. The second kappa shape index (κ2) is 5.72. The van der Waals surface area contributed by atoms with E-state index in [0.717, 1.165) is 26.2 Å². The van der Waals surface area contributed by atoms with Crippen LogP contribution in [0.5, 0.6) is 0 Å². The highest BCUT2D eigenvalue weighted by atomic mass is 16.5. The number of ether oxygens (including phenoxy) is 1. The fourth-order valence-corrected chi connectivity index (χ4v) is 2.40. The van der Waals surface area contributed by atoms with E-state index in [-0.39, 0.29) is 6.04 Å². The fraction of sp³-hybridized carbons (Fsp3) is 0.615. The van der Waals surface area contributed by atoms with Crippen molar-refractivity contribution < 1.29 is 9.26 Å². The van der Waals surface area contributed by atoms with Crippen molar-refractivity contribution in [3.8, 4) is 0 Å². The summed E-state index contributed by atoms with van der Waals surface area (Å²) in [6.45, 7) is 7.77. The summed E-state index contributed by atoms with van der Waals surface area (Å²) in [6.07, 6.45) is 3.99. The van der Waals surface area contributed by atoms with Crippen molar-refractivity contribution in [2.75, 3.05) is 19.8 Å². The number of aromatic nitrogens is 4. The largest absolute Gasteiger partial charge is 0.378 e. The Morgan fingerprint density at radius 3 is 3.05 bits per heavy atom. The highest BCUT2D eigenvalue weighted by Crippen LogP contribution is 2.24. The Balaban J connectivity index is 1.75. The maximum Gasteiger partial charge on any atom is 0.246 e. The molecule has 0 aromatic carbocycles. The zero-order chi connectivity index (χ0) is 13.9. The van der Waals surface area contributed by atoms with Crippen molar-refractivity contribution in [3.05, 3.63) is 29.7 Å². The Labute approximate surface area is 117 Å². The van der Waals surface area contributed by atoms with Crippen LogP contribution in [0.1, 0.15) is 30.2 Å². The minimum Gasteiger partial charge on any atom is -0.378 e. The predicted octanol–water partition coefficient (Wildman–Crippen LogP) is 1.17. The van der Waals surface area contributed by atoms with E-state index in [1.807, 2.05) is 17.8 Å². The van der Waals surface area contributed by atoms with Crippen molar-refractivity contribution in [3.63, 3.8) is 0 Å². The summed E-state index contributed by atoms with van der Waals surface area (Å²) in [5.74, 6) is 1.29. The number of morpholine rings is 1. The van der Waals surface area contributed by atoms with Crippen LogP contribution in [0.15, 0.2) is 16.9 Å². The van der Waals surface area contributed by atoms with E-state index in [9.17, 15) is 0 Å². The number of aryl methyl sites for hydroxylation is 2. The molecule has 3 rings (SSSR count). The Morgan fingerprint density at radius 1 is 1.45 bits per heavy atom. The van der Waals surface area contributed by atoms with Crippen LogP contribution in [0.2, 0.25) is 0 Å². The van der Waals surface area contributed by atoms with Gasteiger partial charge in [-0.25, -0.2) is 0 Å². The maximum absolute atomic E-state index is 5.55. The second-order valence-corrected chi connectivity index (χ2v) is 4.95. The molecule has 0 spiro atoms. The summed E-state index contributed by atoms with van der Waals surface area (Å²) in [6, 6.07) is 0.0231. The van der Waals surface area contributed by atoms with Crippen LogP contribution < -0.4 is 0 Å². The summed E-state index contributed by atoms with van der Waals surface area (Å²) in [7, 11) is 0. The zero-order valence-electron chi connectivity index (χ0n) is 11.8. The van der Waals surface area contributed by atoms with E-state index in [0.29, 0.717) is 18.3 Å². The van der Waals surface area contributed by atoms with Gasteiger partial charge in [0.25, 0.3) is 0 Å². The van der Waals surface area contributed by atoms with Crippen molar-refractivity contribution in [1.82, 2.24) is 24.8 Å². The molecule has 20 heavy (non-hydrogen) atoms. The smallest absolute Gasteiger partial charge is 0.246 e. The van der Waals surface area contributed by atoms with Gasteiger partial charge in [0.05, 0.1) is 19.4 Å². The normalized spacial score (nSPS) is 20.4. The lowest BCUT2D eigenvalue weighted by molar-refractivity contribution is -0.0241. The van der Waals surface area contributed by atoms with Gasteiger partial charge in [-0.3, -0.25) is 9.58 Å². The van der Waals surface area contributed by atoms with E-state index in [4.69, 9.17) is 9.26 Å². The van der Waals surface area contributed by atoms with E-state index in [2.05, 4.69) is 33.3 Å². The minimum absolute atomic E-state index is 0.0231. The second-order valence-electron chi connectivity index (χ2n) is 4.95. The molecule has 1 atom stereocenters. The monoisotopic (exact) mass is 277 g/mol. The summed E-state index contributed by atoms with van der Waals surface area (Å²) < 4.78 is 12.8. The van der Waals surface area contributed by atoms with Crippen LogP contribution in [-0.4, -0.2) is 44.6 Å². The molecule has 0 bridgehead atoms. The van der Waals surface area contributed by atoms with Crippen molar-refractivity contribution in [2.24, 2.45) is 0 Å². The lowest BCUT2D eigenvalue weighted by Gasteiger charge is -2.32. The number of hydrogen-bond acceptors (Lipinski definition) is 6. The predicted molar refractivity (Wildman–Crippen MR) is 70.9 cm³/mol. The maximum atomic E-state index is 5.55. The van der Waals surface area contributed by atoms with Crippen molar-refractivity contribution >= 4 is 0 Å². The van der Waals surface area contributed by atoms with Crippen molar-refractivity contribution in [2.45, 2.75) is 33.0 Å². The summed E-state index contributed by atoms with van der Waals surface area (Å²) in [5.41, 5.74) is 1.19. The third-order valence-corrected chi connectivity index (χ3v) is 3.46. The van der Waals surface area contributed by atoms with Gasteiger partial charge in [0.1, 0.15) is 6.04 Å². The SMILES string of the molecule is CCn1cc(CN2CCOCC2c2nc(C)no2)cn1. The number of nitrogens with zero attached hydrogens (tertiary/aromatic N) is 5. The quantitative estimate of drug-likeness (QED) is 0.835. The lowest BCUT2D eigenvalue weighted by Crippen LogP contribution is -2.39. The Kier molecular flexibility index (Phi) is 3.79. The summed E-state index contributed by atoms with van der Waals surface area (Å²) >= 11 is 0. The van der Waals surface area contributed by atoms with Crippen LogP contribution in [-0.2, 0) is 17.8 Å². The molecule has 2 aromatic rings. The first-order valence-electron chi connectivity index (χ1n) is 6.89. The molecule has 1 fully saturated rings. The molecule has 108 valence electrons. The van der Waals surface area contributed by atoms with Gasteiger partial charge >= 0.3 is 0 Å². The molecule has 1 aliphatic heterocycles. The van der Waals surface area contributed by atoms with Gasteiger partial charge < -0.3 is 9.26 Å². The summed E-state index contributed by atoms with van der Waals surface area (Å²) in [5, 5.41) is 8.18. The molecule has 3 heterocycles. The molecule has 0 aliphatic carbocycles. The highest BCUT2D eigenvalue weighted by Gasteiger charge is 2.29. The molecule has 7 heteroatoms. The van der Waals surface area contributed by atoms with Gasteiger partial charge in [-0.2, -0.15) is 10.1 Å². The molecule has 2 aromatic heterocycles. The molecular formula is C13H19N5O2.